The zero-order chi connectivity index (χ0) is 11.3. The number of rotatable bonds is 4. The van der Waals surface area contributed by atoms with E-state index in [4.69, 9.17) is 10.5 Å². The molecule has 0 spiro atoms. The summed E-state index contributed by atoms with van der Waals surface area (Å²) in [5.41, 5.74) is 5.52. The molecule has 0 saturated carbocycles. The maximum Gasteiger partial charge on any atom is 0.344 e. The Morgan fingerprint density at radius 3 is 3.00 bits per heavy atom. The van der Waals surface area contributed by atoms with Crippen LogP contribution in [0.2, 0.25) is 0 Å². The Morgan fingerprint density at radius 1 is 1.67 bits per heavy atom. The fraction of sp³-hybridized carbons (Fsp3) is 0.375. The summed E-state index contributed by atoms with van der Waals surface area (Å²) in [5.74, 6) is -0.0350. The number of esters is 1. The van der Waals surface area contributed by atoms with E-state index in [0.717, 1.165) is 0 Å². The molecular formula is C8H10BrN3O3. The van der Waals surface area contributed by atoms with Crippen molar-refractivity contribution in [1.82, 2.24) is 9.97 Å². The largest absolute Gasteiger partial charge is 0.476 e. The molecule has 15 heavy (non-hydrogen) atoms. The molecule has 0 atom stereocenters. The lowest BCUT2D eigenvalue weighted by Gasteiger charge is -2.06. The van der Waals surface area contributed by atoms with Crippen LogP contribution in [-0.4, -0.2) is 29.2 Å². The van der Waals surface area contributed by atoms with Gasteiger partial charge in [0, 0.05) is 0 Å². The summed E-state index contributed by atoms with van der Waals surface area (Å²) in [5, 5.41) is 0. The van der Waals surface area contributed by atoms with Gasteiger partial charge in [-0.15, -0.1) is 0 Å². The Balaban J connectivity index is 2.54. The first-order chi connectivity index (χ1) is 7.13. The van der Waals surface area contributed by atoms with Crippen molar-refractivity contribution in [2.24, 2.45) is 0 Å². The van der Waals surface area contributed by atoms with E-state index in [-0.39, 0.29) is 18.2 Å². The molecule has 0 aromatic carbocycles. The Hall–Kier alpha value is -1.37. The Labute approximate surface area is 94.9 Å². The summed E-state index contributed by atoms with van der Waals surface area (Å²) in [4.78, 5) is 18.6. The molecular weight excluding hydrogens is 266 g/mol. The van der Waals surface area contributed by atoms with Crippen molar-refractivity contribution in [3.8, 4) is 5.75 Å². The van der Waals surface area contributed by atoms with Gasteiger partial charge in [-0.05, 0) is 22.9 Å². The normalized spacial score (nSPS) is 9.73. The van der Waals surface area contributed by atoms with E-state index >= 15 is 0 Å². The molecule has 1 aromatic rings. The second-order valence-electron chi connectivity index (χ2n) is 2.48. The van der Waals surface area contributed by atoms with Crippen LogP contribution in [0.3, 0.4) is 0 Å². The number of anilines is 1. The highest BCUT2D eigenvalue weighted by Crippen LogP contribution is 2.18. The molecule has 1 heterocycles. The number of aromatic nitrogens is 2. The second-order valence-corrected chi connectivity index (χ2v) is 3.19. The standard InChI is InChI=1S/C8H10BrN3O3/c1-2-14-6(13)4-15-5-3-11-8(9)12-7(5)10/h3H,2,4H2,1H3,(H2,10,11,12). The van der Waals surface area contributed by atoms with Crippen molar-refractivity contribution in [3.63, 3.8) is 0 Å². The number of carbonyl (C=O) groups is 1. The maximum absolute atomic E-state index is 11.0. The number of nitrogens with zero attached hydrogens (tertiary/aromatic N) is 2. The van der Waals surface area contributed by atoms with Gasteiger partial charge >= 0.3 is 5.97 Å². The van der Waals surface area contributed by atoms with Gasteiger partial charge in [0.1, 0.15) is 0 Å². The van der Waals surface area contributed by atoms with Crippen molar-refractivity contribution in [3.05, 3.63) is 10.9 Å². The Kier molecular flexibility index (Phi) is 4.29. The van der Waals surface area contributed by atoms with E-state index in [2.05, 4.69) is 30.6 Å². The average Bonchev–Trinajstić information content (AvgIpc) is 2.17. The van der Waals surface area contributed by atoms with Crippen molar-refractivity contribution < 1.29 is 14.3 Å². The van der Waals surface area contributed by atoms with Crippen LogP contribution in [0.1, 0.15) is 6.92 Å². The first-order valence-corrected chi connectivity index (χ1v) is 4.99. The number of halogens is 1. The monoisotopic (exact) mass is 275 g/mol. The van der Waals surface area contributed by atoms with Crippen LogP contribution in [0.4, 0.5) is 5.82 Å². The minimum atomic E-state index is -0.459. The second kappa shape index (κ2) is 5.50. The predicted molar refractivity (Wildman–Crippen MR) is 56.3 cm³/mol. The molecule has 0 radical (unpaired) electrons. The van der Waals surface area contributed by atoms with Gasteiger partial charge in [-0.1, -0.05) is 0 Å². The first-order valence-electron chi connectivity index (χ1n) is 4.20. The van der Waals surface area contributed by atoms with Crippen molar-refractivity contribution >= 4 is 27.7 Å². The summed E-state index contributed by atoms with van der Waals surface area (Å²) >= 11 is 3.05. The van der Waals surface area contributed by atoms with E-state index in [0.29, 0.717) is 11.3 Å². The molecule has 0 fully saturated rings. The van der Waals surface area contributed by atoms with Crippen LogP contribution in [0.25, 0.3) is 0 Å². The number of ether oxygens (including phenoxy) is 2. The molecule has 1 rings (SSSR count). The van der Waals surface area contributed by atoms with Gasteiger partial charge in [0.2, 0.25) is 0 Å². The minimum absolute atomic E-state index is 0.168. The molecule has 0 amide bonds. The lowest BCUT2D eigenvalue weighted by molar-refractivity contribution is -0.145. The number of carbonyl (C=O) groups excluding carboxylic acids is 1. The smallest absolute Gasteiger partial charge is 0.344 e. The lowest BCUT2D eigenvalue weighted by Crippen LogP contribution is -2.15. The highest BCUT2D eigenvalue weighted by atomic mass is 79.9. The quantitative estimate of drug-likeness (QED) is 0.645. The van der Waals surface area contributed by atoms with Crippen LogP contribution >= 0.6 is 15.9 Å². The fourth-order valence-corrected chi connectivity index (χ4v) is 1.11. The number of nitrogen functional groups attached to an aromatic ring is 1. The highest BCUT2D eigenvalue weighted by Gasteiger charge is 2.07. The Bertz CT molecular complexity index is 359. The third kappa shape index (κ3) is 3.70. The highest BCUT2D eigenvalue weighted by molar-refractivity contribution is 9.10. The molecule has 0 aliphatic rings. The Morgan fingerprint density at radius 2 is 2.40 bits per heavy atom. The van der Waals surface area contributed by atoms with Gasteiger partial charge in [0.25, 0.3) is 0 Å². The molecule has 0 saturated heterocycles. The van der Waals surface area contributed by atoms with E-state index in [1.807, 2.05) is 0 Å². The summed E-state index contributed by atoms with van der Waals surface area (Å²) in [6.07, 6.45) is 1.38. The van der Waals surface area contributed by atoms with E-state index in [1.54, 1.807) is 6.92 Å². The summed E-state index contributed by atoms with van der Waals surface area (Å²) in [7, 11) is 0. The van der Waals surface area contributed by atoms with Gasteiger partial charge < -0.3 is 15.2 Å². The number of nitrogens with two attached hydrogens (primary N) is 1. The van der Waals surface area contributed by atoms with Crippen molar-refractivity contribution in [1.29, 1.82) is 0 Å². The maximum atomic E-state index is 11.0. The van der Waals surface area contributed by atoms with Gasteiger partial charge in [-0.2, -0.15) is 0 Å². The van der Waals surface area contributed by atoms with Crippen LogP contribution in [0.15, 0.2) is 10.9 Å². The molecule has 0 aliphatic heterocycles. The third-order valence-corrected chi connectivity index (χ3v) is 1.79. The molecule has 0 bridgehead atoms. The predicted octanol–water partition coefficient (Wildman–Crippen LogP) is 0.763. The van der Waals surface area contributed by atoms with Gasteiger partial charge in [-0.25, -0.2) is 14.8 Å². The zero-order valence-electron chi connectivity index (χ0n) is 8.07. The molecule has 0 aliphatic carbocycles. The summed E-state index contributed by atoms with van der Waals surface area (Å²) in [6.45, 7) is 1.83. The third-order valence-electron chi connectivity index (χ3n) is 1.40. The molecule has 6 nitrogen and oxygen atoms in total. The van der Waals surface area contributed by atoms with E-state index < -0.39 is 5.97 Å². The van der Waals surface area contributed by atoms with Crippen LogP contribution in [-0.2, 0) is 9.53 Å². The van der Waals surface area contributed by atoms with E-state index in [9.17, 15) is 4.79 Å². The van der Waals surface area contributed by atoms with E-state index in [1.165, 1.54) is 6.20 Å². The van der Waals surface area contributed by atoms with Crippen LogP contribution < -0.4 is 10.5 Å². The number of hydrogen-bond acceptors (Lipinski definition) is 6. The minimum Gasteiger partial charge on any atom is -0.476 e. The van der Waals surface area contributed by atoms with Gasteiger partial charge in [0.15, 0.2) is 22.9 Å². The molecule has 1 aromatic heterocycles. The SMILES string of the molecule is CCOC(=O)COc1cnc(Br)nc1N. The molecule has 2 N–H and O–H groups in total. The lowest BCUT2D eigenvalue weighted by atomic mass is 10.5. The topological polar surface area (TPSA) is 87.3 Å². The van der Waals surface area contributed by atoms with Crippen LogP contribution in [0, 0.1) is 0 Å². The number of hydrogen-bond donors (Lipinski definition) is 1. The fourth-order valence-electron chi connectivity index (χ4n) is 0.812. The van der Waals surface area contributed by atoms with Crippen molar-refractivity contribution in [2.75, 3.05) is 18.9 Å². The molecule has 7 heteroatoms. The molecule has 0 unspecified atom stereocenters. The first kappa shape index (κ1) is 11.7. The average molecular weight is 276 g/mol. The summed E-state index contributed by atoms with van der Waals surface area (Å²) < 4.78 is 10.1. The zero-order valence-corrected chi connectivity index (χ0v) is 9.65. The molecule has 82 valence electrons. The van der Waals surface area contributed by atoms with Crippen LogP contribution in [0.5, 0.6) is 5.75 Å². The summed E-state index contributed by atoms with van der Waals surface area (Å²) in [6, 6.07) is 0. The van der Waals surface area contributed by atoms with Gasteiger partial charge in [0.05, 0.1) is 12.8 Å². The van der Waals surface area contributed by atoms with Crippen molar-refractivity contribution in [2.45, 2.75) is 6.92 Å². The van der Waals surface area contributed by atoms with Gasteiger partial charge in [-0.3, -0.25) is 0 Å².